The molecule has 0 saturated carbocycles. The van der Waals surface area contributed by atoms with Crippen molar-refractivity contribution in [2.75, 3.05) is 13.2 Å². The fraction of sp³-hybridized carbons (Fsp3) is 0.833. The second-order valence-electron chi connectivity index (χ2n) is 2.87. The normalized spacial score (nSPS) is 15.9. The van der Waals surface area contributed by atoms with Crippen LogP contribution in [-0.4, -0.2) is 57.7 Å². The first-order valence-electron chi connectivity index (χ1n) is 4.03. The Kier molecular flexibility index (Phi) is 14.0. The molecular weight excluding hydrogens is 261 g/mol. The van der Waals surface area contributed by atoms with Crippen LogP contribution < -0.4 is 47.5 Å². The van der Waals surface area contributed by atoms with E-state index in [1.54, 1.807) is 0 Å². The number of ketones is 1. The second-order valence-corrected chi connectivity index (χ2v) is 4.02. The van der Waals surface area contributed by atoms with Crippen LogP contribution in [0.25, 0.3) is 0 Å². The SMILES string of the molecule is O=C(COP(=O)([O-])[O-])[C@@H](O)[C@@H](O)[C@H](O)CO.[Li+].[Li+]. The van der Waals surface area contributed by atoms with Gasteiger partial charge in [0, 0.05) is 0 Å². The molecule has 0 heterocycles. The molecule has 0 rings (SSSR count). The smallest absolute Gasteiger partial charge is 0.790 e. The second kappa shape index (κ2) is 10.6. The van der Waals surface area contributed by atoms with Crippen molar-refractivity contribution < 1.29 is 81.8 Å². The van der Waals surface area contributed by atoms with E-state index in [-0.39, 0.29) is 37.7 Å². The number of phosphoric ester groups is 1. The van der Waals surface area contributed by atoms with Gasteiger partial charge in [-0.2, -0.15) is 0 Å². The van der Waals surface area contributed by atoms with Crippen LogP contribution in [0, 0.1) is 0 Å². The van der Waals surface area contributed by atoms with E-state index in [4.69, 9.17) is 20.4 Å². The van der Waals surface area contributed by atoms with E-state index < -0.39 is 45.1 Å². The summed E-state index contributed by atoms with van der Waals surface area (Å²) in [4.78, 5) is 30.9. The standard InChI is InChI=1S/C6H13O9P.2Li/c7-1-3(8)5(10)6(11)4(9)2-15-16(12,13)14;;/h3,5-8,10-11H,1-2H2,(H2,12,13,14);;/q;2*+1/p-2/t3-,5+,6-;;/m1../s1. The van der Waals surface area contributed by atoms with Crippen LogP contribution in [0.4, 0.5) is 0 Å². The van der Waals surface area contributed by atoms with Crippen molar-refractivity contribution in [1.82, 2.24) is 0 Å². The van der Waals surface area contributed by atoms with E-state index in [0.717, 1.165) is 0 Å². The summed E-state index contributed by atoms with van der Waals surface area (Å²) in [7, 11) is -5.35. The summed E-state index contributed by atoms with van der Waals surface area (Å²) in [6, 6.07) is 0. The molecule has 0 aliphatic rings. The van der Waals surface area contributed by atoms with Crippen molar-refractivity contribution in [3.63, 3.8) is 0 Å². The van der Waals surface area contributed by atoms with Gasteiger partial charge in [-0.3, -0.25) is 4.79 Å². The topological polar surface area (TPSA) is 170 Å². The van der Waals surface area contributed by atoms with E-state index in [9.17, 15) is 19.1 Å². The Hall–Kier alpha value is 0.815. The molecule has 0 aromatic heterocycles. The molecule has 0 fully saturated rings. The molecule has 0 bridgehead atoms. The number of hydrogen-bond acceptors (Lipinski definition) is 9. The monoisotopic (exact) mass is 272 g/mol. The molecule has 3 atom stereocenters. The zero-order valence-corrected chi connectivity index (χ0v) is 10.8. The van der Waals surface area contributed by atoms with Crippen molar-refractivity contribution >= 4 is 13.6 Å². The van der Waals surface area contributed by atoms with Crippen molar-refractivity contribution in [3.8, 4) is 0 Å². The Morgan fingerprint density at radius 3 is 2.00 bits per heavy atom. The molecule has 0 amide bonds. The van der Waals surface area contributed by atoms with Crippen LogP contribution in [0.5, 0.6) is 0 Å². The molecule has 12 heteroatoms. The number of carbonyl (C=O) groups excluding carboxylic acids is 1. The van der Waals surface area contributed by atoms with E-state index in [0.29, 0.717) is 0 Å². The summed E-state index contributed by atoms with van der Waals surface area (Å²) in [5.41, 5.74) is 0. The summed E-state index contributed by atoms with van der Waals surface area (Å²) in [6.07, 6.45) is -5.93. The first-order valence-corrected chi connectivity index (χ1v) is 5.49. The van der Waals surface area contributed by atoms with E-state index in [1.165, 1.54) is 0 Å². The number of aliphatic hydroxyl groups excluding tert-OH is 4. The maximum atomic E-state index is 10.9. The summed E-state index contributed by atoms with van der Waals surface area (Å²) < 4.78 is 13.5. The number of Topliss-reactive ketones (excluding diaryl/α,β-unsaturated/α-hetero) is 1. The summed E-state index contributed by atoms with van der Waals surface area (Å²) in [5, 5.41) is 35.3. The molecule has 0 aliphatic heterocycles. The summed E-state index contributed by atoms with van der Waals surface area (Å²) in [6.45, 7) is -2.16. The van der Waals surface area contributed by atoms with Crippen molar-refractivity contribution in [1.29, 1.82) is 0 Å². The van der Waals surface area contributed by atoms with Gasteiger partial charge in [-0.15, -0.1) is 0 Å². The fourth-order valence-electron chi connectivity index (χ4n) is 0.737. The van der Waals surface area contributed by atoms with Crippen molar-refractivity contribution in [2.24, 2.45) is 0 Å². The van der Waals surface area contributed by atoms with Gasteiger partial charge in [-0.05, 0) is 0 Å². The van der Waals surface area contributed by atoms with Gasteiger partial charge in [-0.25, -0.2) is 0 Å². The van der Waals surface area contributed by atoms with Gasteiger partial charge in [0.05, 0.1) is 14.4 Å². The molecule has 96 valence electrons. The summed E-state index contributed by atoms with van der Waals surface area (Å²) in [5.74, 6) is -1.31. The van der Waals surface area contributed by atoms with Crippen LogP contribution in [0.15, 0.2) is 0 Å². The number of aliphatic hydroxyl groups is 4. The number of hydrogen-bond donors (Lipinski definition) is 4. The van der Waals surface area contributed by atoms with E-state index >= 15 is 0 Å². The molecule has 0 aromatic rings. The van der Waals surface area contributed by atoms with Gasteiger partial charge in [0.1, 0.15) is 24.9 Å². The first kappa shape index (κ1) is 23.9. The minimum absolute atomic E-state index is 0. The average Bonchev–Trinajstić information content (AvgIpc) is 2.21. The Labute approximate surface area is 127 Å². The number of carbonyl (C=O) groups is 1. The predicted molar refractivity (Wildman–Crippen MR) is 43.7 cm³/mol. The molecule has 0 aliphatic carbocycles. The number of phosphoric acid groups is 1. The predicted octanol–water partition coefficient (Wildman–Crippen LogP) is -10.5. The maximum Gasteiger partial charge on any atom is 1.00 e. The van der Waals surface area contributed by atoms with Gasteiger partial charge < -0.3 is 39.3 Å². The quantitative estimate of drug-likeness (QED) is 0.259. The van der Waals surface area contributed by atoms with Crippen molar-refractivity contribution in [3.05, 3.63) is 0 Å². The van der Waals surface area contributed by atoms with E-state index in [1.807, 2.05) is 0 Å². The zero-order valence-electron chi connectivity index (χ0n) is 9.92. The van der Waals surface area contributed by atoms with Crippen LogP contribution >= 0.6 is 7.82 Å². The van der Waals surface area contributed by atoms with Crippen molar-refractivity contribution in [2.45, 2.75) is 18.3 Å². The Morgan fingerprint density at radius 2 is 1.67 bits per heavy atom. The maximum absolute atomic E-state index is 10.9. The molecule has 0 unspecified atom stereocenters. The van der Waals surface area contributed by atoms with Crippen LogP contribution in [0.2, 0.25) is 0 Å². The Balaban J connectivity index is -0.00000112. The molecule has 18 heavy (non-hydrogen) atoms. The van der Waals surface area contributed by atoms with Crippen LogP contribution in [0.1, 0.15) is 0 Å². The Bertz CT molecular complexity index is 282. The van der Waals surface area contributed by atoms with Crippen LogP contribution in [-0.2, 0) is 13.9 Å². The molecule has 9 nitrogen and oxygen atoms in total. The number of rotatable bonds is 7. The third kappa shape index (κ3) is 9.71. The Morgan fingerprint density at radius 1 is 1.22 bits per heavy atom. The molecule has 0 spiro atoms. The minimum atomic E-state index is -5.35. The zero-order chi connectivity index (χ0) is 12.9. The summed E-state index contributed by atoms with van der Waals surface area (Å²) >= 11 is 0. The van der Waals surface area contributed by atoms with Gasteiger partial charge in [-0.1, -0.05) is 0 Å². The van der Waals surface area contributed by atoms with Gasteiger partial charge in [0.25, 0.3) is 0 Å². The minimum Gasteiger partial charge on any atom is -0.790 e. The van der Waals surface area contributed by atoms with Crippen LogP contribution in [0.3, 0.4) is 0 Å². The molecule has 0 aromatic carbocycles. The third-order valence-electron chi connectivity index (χ3n) is 1.60. The third-order valence-corrected chi connectivity index (χ3v) is 2.04. The van der Waals surface area contributed by atoms with E-state index in [2.05, 4.69) is 4.52 Å². The first-order chi connectivity index (χ1) is 7.19. The van der Waals surface area contributed by atoms with Gasteiger partial charge in [0.15, 0.2) is 5.78 Å². The van der Waals surface area contributed by atoms with Gasteiger partial charge in [0.2, 0.25) is 0 Å². The molecule has 0 saturated heterocycles. The fourth-order valence-corrected chi connectivity index (χ4v) is 1.02. The molecule has 4 N–H and O–H groups in total. The molecule has 0 radical (unpaired) electrons. The largest absolute Gasteiger partial charge is 1.00 e. The van der Waals surface area contributed by atoms with Gasteiger partial charge >= 0.3 is 37.7 Å². The average molecular weight is 272 g/mol. The molecular formula is C6H11Li2O9P.